The largest absolute Gasteiger partial charge is 0.486 e. The average molecular weight is 352 g/mol. The molecule has 132 valence electrons. The standard InChI is InChI=1S/C18H16N4O4/c1-21-10-9-19-17(21)12-26-16-7-5-14(6-8-16)20-18(23)13-3-2-4-15(11-13)22(24)25/h2-11H,12H2,1H3,(H,20,23). The van der Waals surface area contributed by atoms with Crippen molar-refractivity contribution in [2.45, 2.75) is 6.61 Å². The molecule has 8 heteroatoms. The summed E-state index contributed by atoms with van der Waals surface area (Å²) in [6, 6.07) is 12.4. The lowest BCUT2D eigenvalue weighted by molar-refractivity contribution is -0.384. The Morgan fingerprint density at radius 3 is 2.69 bits per heavy atom. The number of ether oxygens (including phenoxy) is 1. The summed E-state index contributed by atoms with van der Waals surface area (Å²) in [5, 5.41) is 13.5. The van der Waals surface area contributed by atoms with Crippen molar-refractivity contribution in [2.24, 2.45) is 7.05 Å². The van der Waals surface area contributed by atoms with E-state index in [1.165, 1.54) is 24.3 Å². The van der Waals surface area contributed by atoms with E-state index in [1.54, 1.807) is 30.5 Å². The van der Waals surface area contributed by atoms with Crippen molar-refractivity contribution in [1.82, 2.24) is 9.55 Å². The fraction of sp³-hybridized carbons (Fsp3) is 0.111. The first-order chi connectivity index (χ1) is 12.5. The lowest BCUT2D eigenvalue weighted by Crippen LogP contribution is -2.12. The first-order valence-corrected chi connectivity index (χ1v) is 7.78. The molecule has 0 spiro atoms. The summed E-state index contributed by atoms with van der Waals surface area (Å²) in [6.07, 6.45) is 3.54. The van der Waals surface area contributed by atoms with Gasteiger partial charge in [-0.2, -0.15) is 0 Å². The Hall–Kier alpha value is -3.68. The predicted octanol–water partition coefficient (Wildman–Crippen LogP) is 3.16. The van der Waals surface area contributed by atoms with Crippen LogP contribution in [0.3, 0.4) is 0 Å². The van der Waals surface area contributed by atoms with Gasteiger partial charge in [0.05, 0.1) is 4.92 Å². The molecule has 1 heterocycles. The van der Waals surface area contributed by atoms with E-state index in [-0.39, 0.29) is 11.3 Å². The van der Waals surface area contributed by atoms with Crippen LogP contribution in [0, 0.1) is 10.1 Å². The molecule has 1 aromatic heterocycles. The van der Waals surface area contributed by atoms with Crippen LogP contribution in [-0.2, 0) is 13.7 Å². The van der Waals surface area contributed by atoms with Gasteiger partial charge in [-0.25, -0.2) is 4.98 Å². The first-order valence-electron chi connectivity index (χ1n) is 7.78. The number of aryl methyl sites for hydroxylation is 1. The highest BCUT2D eigenvalue weighted by atomic mass is 16.6. The van der Waals surface area contributed by atoms with Crippen LogP contribution in [0.15, 0.2) is 60.9 Å². The van der Waals surface area contributed by atoms with Crippen LogP contribution in [0.25, 0.3) is 0 Å². The molecule has 0 fully saturated rings. The molecule has 2 aromatic carbocycles. The number of hydrogen-bond acceptors (Lipinski definition) is 5. The predicted molar refractivity (Wildman–Crippen MR) is 95.0 cm³/mol. The molecule has 26 heavy (non-hydrogen) atoms. The minimum atomic E-state index is -0.537. The van der Waals surface area contributed by atoms with Crippen LogP contribution in [-0.4, -0.2) is 20.4 Å². The molecule has 0 saturated carbocycles. The van der Waals surface area contributed by atoms with E-state index in [2.05, 4.69) is 10.3 Å². The van der Waals surface area contributed by atoms with E-state index < -0.39 is 10.8 Å². The summed E-state index contributed by atoms with van der Waals surface area (Å²) in [7, 11) is 1.89. The van der Waals surface area contributed by atoms with Crippen molar-refractivity contribution >= 4 is 17.3 Å². The highest BCUT2D eigenvalue weighted by molar-refractivity contribution is 6.04. The fourth-order valence-electron chi connectivity index (χ4n) is 2.28. The molecule has 0 bridgehead atoms. The highest BCUT2D eigenvalue weighted by Crippen LogP contribution is 2.19. The minimum Gasteiger partial charge on any atom is -0.486 e. The third kappa shape index (κ3) is 4.04. The van der Waals surface area contributed by atoms with Gasteiger partial charge in [-0.3, -0.25) is 14.9 Å². The smallest absolute Gasteiger partial charge is 0.270 e. The second-order valence-corrected chi connectivity index (χ2v) is 5.53. The summed E-state index contributed by atoms with van der Waals surface area (Å²) in [5.41, 5.74) is 0.649. The van der Waals surface area contributed by atoms with Gasteiger partial charge in [0, 0.05) is 42.8 Å². The molecule has 1 N–H and O–H groups in total. The Balaban J connectivity index is 1.62. The number of carbonyl (C=O) groups excluding carboxylic acids is 1. The molecule has 0 unspecified atom stereocenters. The molecular formula is C18H16N4O4. The number of nitrogens with one attached hydrogen (secondary N) is 1. The maximum Gasteiger partial charge on any atom is 0.270 e. The normalized spacial score (nSPS) is 10.3. The Morgan fingerprint density at radius 1 is 1.27 bits per heavy atom. The minimum absolute atomic E-state index is 0.129. The second kappa shape index (κ2) is 7.47. The number of nitro benzene ring substituents is 1. The van der Waals surface area contributed by atoms with Gasteiger partial charge in [0.2, 0.25) is 0 Å². The van der Waals surface area contributed by atoms with Crippen LogP contribution < -0.4 is 10.1 Å². The number of hydrogen-bond donors (Lipinski definition) is 1. The van der Waals surface area contributed by atoms with Crippen LogP contribution in [0.2, 0.25) is 0 Å². The Bertz CT molecular complexity index is 934. The SMILES string of the molecule is Cn1ccnc1COc1ccc(NC(=O)c2cccc([N+](=O)[O-])c2)cc1. The van der Waals surface area contributed by atoms with E-state index in [4.69, 9.17) is 4.74 Å². The molecule has 0 aliphatic carbocycles. The molecule has 0 saturated heterocycles. The number of nitro groups is 1. The van der Waals surface area contributed by atoms with Crippen molar-refractivity contribution in [2.75, 3.05) is 5.32 Å². The maximum atomic E-state index is 12.2. The van der Waals surface area contributed by atoms with E-state index in [0.717, 1.165) is 5.82 Å². The Labute approximate surface area is 149 Å². The number of non-ortho nitro benzene ring substituents is 1. The molecule has 3 aromatic rings. The van der Waals surface area contributed by atoms with Gasteiger partial charge in [-0.1, -0.05) is 6.07 Å². The summed E-state index contributed by atoms with van der Waals surface area (Å²) in [4.78, 5) is 26.6. The van der Waals surface area contributed by atoms with Crippen molar-refractivity contribution in [3.05, 3.63) is 82.4 Å². The van der Waals surface area contributed by atoms with Crippen molar-refractivity contribution in [1.29, 1.82) is 0 Å². The van der Waals surface area contributed by atoms with Crippen molar-refractivity contribution in [3.63, 3.8) is 0 Å². The average Bonchev–Trinajstić information content (AvgIpc) is 3.06. The van der Waals surface area contributed by atoms with Gasteiger partial charge in [0.25, 0.3) is 11.6 Å². The molecule has 0 aliphatic heterocycles. The number of aromatic nitrogens is 2. The van der Waals surface area contributed by atoms with Gasteiger partial charge in [-0.15, -0.1) is 0 Å². The van der Waals surface area contributed by atoms with Gasteiger partial charge in [0.1, 0.15) is 18.2 Å². The zero-order valence-electron chi connectivity index (χ0n) is 14.0. The monoisotopic (exact) mass is 352 g/mol. The number of anilines is 1. The van der Waals surface area contributed by atoms with Crippen LogP contribution in [0.4, 0.5) is 11.4 Å². The zero-order valence-corrected chi connectivity index (χ0v) is 14.0. The third-order valence-electron chi connectivity index (χ3n) is 3.72. The Morgan fingerprint density at radius 2 is 2.04 bits per heavy atom. The molecular weight excluding hydrogens is 336 g/mol. The van der Waals surface area contributed by atoms with Crippen molar-refractivity contribution < 1.29 is 14.5 Å². The van der Waals surface area contributed by atoms with Crippen LogP contribution in [0.5, 0.6) is 5.75 Å². The lowest BCUT2D eigenvalue weighted by Gasteiger charge is -2.08. The summed E-state index contributed by atoms with van der Waals surface area (Å²) in [6.45, 7) is 0.336. The lowest BCUT2D eigenvalue weighted by atomic mass is 10.2. The third-order valence-corrected chi connectivity index (χ3v) is 3.72. The summed E-state index contributed by atoms with van der Waals surface area (Å²) < 4.78 is 7.52. The first kappa shape index (κ1) is 17.2. The molecule has 1 amide bonds. The topological polar surface area (TPSA) is 99.3 Å². The zero-order chi connectivity index (χ0) is 18.5. The van der Waals surface area contributed by atoms with Gasteiger partial charge < -0.3 is 14.6 Å². The number of imidazole rings is 1. The summed E-state index contributed by atoms with van der Waals surface area (Å²) in [5.74, 6) is 1.02. The van der Waals surface area contributed by atoms with E-state index in [0.29, 0.717) is 18.0 Å². The highest BCUT2D eigenvalue weighted by Gasteiger charge is 2.11. The van der Waals surface area contributed by atoms with Crippen LogP contribution >= 0.6 is 0 Å². The molecule has 3 rings (SSSR count). The number of carbonyl (C=O) groups is 1. The maximum absolute atomic E-state index is 12.2. The van der Waals surface area contributed by atoms with Gasteiger partial charge in [0.15, 0.2) is 0 Å². The van der Waals surface area contributed by atoms with Gasteiger partial charge in [-0.05, 0) is 30.3 Å². The Kier molecular flexibility index (Phi) is 4.93. The van der Waals surface area contributed by atoms with Gasteiger partial charge >= 0.3 is 0 Å². The van der Waals surface area contributed by atoms with E-state index >= 15 is 0 Å². The fourth-order valence-corrected chi connectivity index (χ4v) is 2.28. The molecule has 0 atom stereocenters. The van der Waals surface area contributed by atoms with E-state index in [9.17, 15) is 14.9 Å². The van der Waals surface area contributed by atoms with Crippen LogP contribution in [0.1, 0.15) is 16.2 Å². The number of amides is 1. The number of nitrogens with zero attached hydrogens (tertiary/aromatic N) is 3. The molecule has 0 radical (unpaired) electrons. The van der Waals surface area contributed by atoms with Crippen molar-refractivity contribution in [3.8, 4) is 5.75 Å². The number of rotatable bonds is 6. The quantitative estimate of drug-likeness (QED) is 0.543. The molecule has 0 aliphatic rings. The van der Waals surface area contributed by atoms with E-state index in [1.807, 2.05) is 17.8 Å². The molecule has 8 nitrogen and oxygen atoms in total. The summed E-state index contributed by atoms with van der Waals surface area (Å²) >= 11 is 0. The number of benzene rings is 2. The second-order valence-electron chi connectivity index (χ2n) is 5.53.